The summed E-state index contributed by atoms with van der Waals surface area (Å²) in [5.41, 5.74) is -0.304. The van der Waals surface area contributed by atoms with E-state index < -0.39 is 0 Å². The van der Waals surface area contributed by atoms with Crippen molar-refractivity contribution in [3.63, 3.8) is 0 Å². The van der Waals surface area contributed by atoms with Crippen LogP contribution >= 0.6 is 0 Å². The second-order valence-electron chi connectivity index (χ2n) is 5.89. The minimum atomic E-state index is -0.304. The fourth-order valence-electron chi connectivity index (χ4n) is 2.47. The molecule has 0 aromatic rings. The van der Waals surface area contributed by atoms with Crippen molar-refractivity contribution < 1.29 is 14.6 Å². The van der Waals surface area contributed by atoms with Gasteiger partial charge in [-0.3, -0.25) is 9.69 Å². The minimum Gasteiger partial charge on any atom is -0.394 e. The van der Waals surface area contributed by atoms with E-state index in [0.717, 1.165) is 6.54 Å². The maximum absolute atomic E-state index is 11.9. The van der Waals surface area contributed by atoms with E-state index in [1.54, 1.807) is 11.9 Å². The quantitative estimate of drug-likeness (QED) is 0.754. The van der Waals surface area contributed by atoms with Gasteiger partial charge in [-0.2, -0.15) is 5.26 Å². The average molecular weight is 283 g/mol. The highest BCUT2D eigenvalue weighted by atomic mass is 16.5. The monoisotopic (exact) mass is 283 g/mol. The molecular weight excluding hydrogens is 258 g/mol. The Labute approximate surface area is 120 Å². The third-order valence-electron chi connectivity index (χ3n) is 3.38. The van der Waals surface area contributed by atoms with Crippen molar-refractivity contribution in [2.45, 2.75) is 38.4 Å². The van der Waals surface area contributed by atoms with Gasteiger partial charge in [0.15, 0.2) is 0 Å². The fraction of sp³-hybridized carbons (Fsp3) is 0.857. The second kappa shape index (κ2) is 7.58. The number of morpholine rings is 1. The molecule has 1 saturated heterocycles. The summed E-state index contributed by atoms with van der Waals surface area (Å²) in [6.45, 7) is 6.50. The summed E-state index contributed by atoms with van der Waals surface area (Å²) in [7, 11) is 1.72. The number of hydrogen-bond donors (Lipinski definition) is 1. The Kier molecular flexibility index (Phi) is 6.40. The van der Waals surface area contributed by atoms with Crippen LogP contribution in [0.4, 0.5) is 0 Å². The molecule has 1 heterocycles. The molecule has 0 aromatic heterocycles. The zero-order valence-corrected chi connectivity index (χ0v) is 12.6. The lowest BCUT2D eigenvalue weighted by molar-refractivity contribution is -0.151. The van der Waals surface area contributed by atoms with Gasteiger partial charge in [-0.25, -0.2) is 0 Å². The van der Waals surface area contributed by atoms with Gasteiger partial charge in [-0.15, -0.1) is 0 Å². The summed E-state index contributed by atoms with van der Waals surface area (Å²) >= 11 is 0. The van der Waals surface area contributed by atoms with E-state index >= 15 is 0 Å². The second-order valence-corrected chi connectivity index (χ2v) is 5.89. The molecule has 6 nitrogen and oxygen atoms in total. The fourth-order valence-corrected chi connectivity index (χ4v) is 2.47. The van der Waals surface area contributed by atoms with Crippen LogP contribution in [0.2, 0.25) is 0 Å². The van der Waals surface area contributed by atoms with Gasteiger partial charge in [-0.05, 0) is 13.8 Å². The zero-order valence-electron chi connectivity index (χ0n) is 12.6. The predicted molar refractivity (Wildman–Crippen MR) is 75.0 cm³/mol. The van der Waals surface area contributed by atoms with Crippen LogP contribution < -0.4 is 0 Å². The van der Waals surface area contributed by atoms with Crippen molar-refractivity contribution in [1.82, 2.24) is 9.80 Å². The topological polar surface area (TPSA) is 76.8 Å². The Morgan fingerprint density at radius 1 is 1.60 bits per heavy atom. The number of rotatable bonds is 6. The molecule has 1 aliphatic heterocycles. The average Bonchev–Trinajstić information content (AvgIpc) is 2.40. The van der Waals surface area contributed by atoms with Gasteiger partial charge < -0.3 is 14.7 Å². The SMILES string of the molecule is CN(CCC#N)C(=O)CCN1CC(CO)OC(C)(C)C1. The lowest BCUT2D eigenvalue weighted by Crippen LogP contribution is -2.54. The van der Waals surface area contributed by atoms with Crippen LogP contribution in [0.25, 0.3) is 0 Å². The van der Waals surface area contributed by atoms with Crippen LogP contribution in [-0.4, -0.2) is 72.4 Å². The van der Waals surface area contributed by atoms with Gasteiger partial charge in [0.2, 0.25) is 5.91 Å². The Balaban J connectivity index is 2.40. The summed E-state index contributed by atoms with van der Waals surface area (Å²) in [5, 5.41) is 17.8. The first-order chi connectivity index (χ1) is 9.38. The van der Waals surface area contributed by atoms with Crippen LogP contribution in [-0.2, 0) is 9.53 Å². The molecule has 0 spiro atoms. The molecule has 1 rings (SSSR count). The highest BCUT2D eigenvalue weighted by molar-refractivity contribution is 5.76. The van der Waals surface area contributed by atoms with Crippen LogP contribution in [0.3, 0.4) is 0 Å². The van der Waals surface area contributed by atoms with E-state index in [1.807, 2.05) is 19.9 Å². The Bertz CT molecular complexity index is 365. The Morgan fingerprint density at radius 3 is 2.90 bits per heavy atom. The standard InChI is InChI=1S/C14H25N3O3/c1-14(2)11-17(9-12(10-18)20-14)8-5-13(19)16(3)7-4-6-15/h12,18H,4-5,7-11H2,1-3H3. The van der Waals surface area contributed by atoms with Gasteiger partial charge in [-0.1, -0.05) is 0 Å². The molecule has 1 aliphatic rings. The lowest BCUT2D eigenvalue weighted by atomic mass is 10.1. The first-order valence-corrected chi connectivity index (χ1v) is 7.00. The number of carbonyl (C=O) groups excluding carboxylic acids is 1. The smallest absolute Gasteiger partial charge is 0.223 e. The number of amides is 1. The van der Waals surface area contributed by atoms with Crippen molar-refractivity contribution in [2.24, 2.45) is 0 Å². The van der Waals surface area contributed by atoms with Crippen molar-refractivity contribution in [3.8, 4) is 6.07 Å². The first-order valence-electron chi connectivity index (χ1n) is 7.00. The summed E-state index contributed by atoms with van der Waals surface area (Å²) in [6.07, 6.45) is 0.598. The third-order valence-corrected chi connectivity index (χ3v) is 3.38. The van der Waals surface area contributed by atoms with E-state index in [9.17, 15) is 9.90 Å². The summed E-state index contributed by atoms with van der Waals surface area (Å²) in [4.78, 5) is 15.7. The van der Waals surface area contributed by atoms with Crippen molar-refractivity contribution in [2.75, 3.05) is 39.8 Å². The molecule has 0 bridgehead atoms. The number of nitrogens with zero attached hydrogens (tertiary/aromatic N) is 3. The van der Waals surface area contributed by atoms with Gasteiger partial charge in [0.05, 0.1) is 30.8 Å². The van der Waals surface area contributed by atoms with Crippen molar-refractivity contribution in [1.29, 1.82) is 5.26 Å². The van der Waals surface area contributed by atoms with E-state index in [4.69, 9.17) is 10.00 Å². The summed E-state index contributed by atoms with van der Waals surface area (Å²) < 4.78 is 5.74. The van der Waals surface area contributed by atoms with Gasteiger partial charge in [0.1, 0.15) is 0 Å². The number of aliphatic hydroxyl groups excluding tert-OH is 1. The minimum absolute atomic E-state index is 0.00402. The van der Waals surface area contributed by atoms with Crippen LogP contribution in [0.15, 0.2) is 0 Å². The maximum Gasteiger partial charge on any atom is 0.223 e. The molecule has 1 unspecified atom stereocenters. The van der Waals surface area contributed by atoms with Crippen molar-refractivity contribution >= 4 is 5.91 Å². The Hall–Kier alpha value is -1.16. The van der Waals surface area contributed by atoms with E-state index in [-0.39, 0.29) is 24.2 Å². The van der Waals surface area contributed by atoms with E-state index in [0.29, 0.717) is 32.5 Å². The maximum atomic E-state index is 11.9. The highest BCUT2D eigenvalue weighted by Gasteiger charge is 2.33. The van der Waals surface area contributed by atoms with Crippen LogP contribution in [0, 0.1) is 11.3 Å². The van der Waals surface area contributed by atoms with Crippen LogP contribution in [0.1, 0.15) is 26.7 Å². The zero-order chi connectivity index (χ0) is 15.2. The molecule has 6 heteroatoms. The number of hydrogen-bond acceptors (Lipinski definition) is 5. The van der Waals surface area contributed by atoms with E-state index in [2.05, 4.69) is 4.90 Å². The number of ether oxygens (including phenoxy) is 1. The van der Waals surface area contributed by atoms with Gasteiger partial charge in [0.25, 0.3) is 0 Å². The van der Waals surface area contributed by atoms with Gasteiger partial charge >= 0.3 is 0 Å². The number of nitriles is 1. The molecule has 0 aliphatic carbocycles. The molecule has 1 amide bonds. The Morgan fingerprint density at radius 2 is 2.30 bits per heavy atom. The molecule has 114 valence electrons. The molecule has 0 saturated carbocycles. The molecular formula is C14H25N3O3. The number of aliphatic hydroxyl groups is 1. The number of carbonyl (C=O) groups is 1. The molecule has 0 aromatic carbocycles. The molecule has 0 radical (unpaired) electrons. The molecule has 1 N–H and O–H groups in total. The first kappa shape index (κ1) is 16.9. The van der Waals surface area contributed by atoms with E-state index in [1.165, 1.54) is 0 Å². The predicted octanol–water partition coefficient (Wildman–Crippen LogP) is 0.220. The summed E-state index contributed by atoms with van der Waals surface area (Å²) in [6, 6.07) is 2.03. The normalized spacial score (nSPS) is 22.2. The summed E-state index contributed by atoms with van der Waals surface area (Å²) in [5.74, 6) is 0.0464. The highest BCUT2D eigenvalue weighted by Crippen LogP contribution is 2.20. The molecule has 20 heavy (non-hydrogen) atoms. The molecule has 1 fully saturated rings. The molecule has 1 atom stereocenters. The third kappa shape index (κ3) is 5.45. The van der Waals surface area contributed by atoms with Crippen molar-refractivity contribution in [3.05, 3.63) is 0 Å². The largest absolute Gasteiger partial charge is 0.394 e. The van der Waals surface area contributed by atoms with Crippen LogP contribution in [0.5, 0.6) is 0 Å². The van der Waals surface area contributed by atoms with Gasteiger partial charge in [0, 0.05) is 39.6 Å². The lowest BCUT2D eigenvalue weighted by Gasteiger charge is -2.42.